The highest BCUT2D eigenvalue weighted by Crippen LogP contribution is 2.20. The van der Waals surface area contributed by atoms with Gasteiger partial charge in [-0.15, -0.1) is 24.8 Å². The molecular formula is C16H21Cl2N3O. The molecule has 6 heteroatoms. The monoisotopic (exact) mass is 341 g/mol. The summed E-state index contributed by atoms with van der Waals surface area (Å²) in [6, 6.07) is 9.76. The molecule has 1 aromatic carbocycles. The largest absolute Gasteiger partial charge is 0.337 e. The molecule has 0 spiro atoms. The van der Waals surface area contributed by atoms with Crippen molar-refractivity contribution in [3.05, 3.63) is 41.6 Å². The standard InChI is InChI=1S/C16H19N3O.2ClH/c1-12-11-14(13-5-2-3-6-15(13)18-12)16(20)19-9-4-7-17-8-10-19;;/h2-3,5-6,11,17H,4,7-10H2,1H3;2*1H. The van der Waals surface area contributed by atoms with Gasteiger partial charge in [0.15, 0.2) is 0 Å². The number of aryl methyl sites for hydroxylation is 1. The second-order valence-electron chi connectivity index (χ2n) is 5.22. The number of para-hydroxylation sites is 1. The van der Waals surface area contributed by atoms with Gasteiger partial charge < -0.3 is 10.2 Å². The number of carbonyl (C=O) groups excluding carboxylic acids is 1. The van der Waals surface area contributed by atoms with Crippen molar-refractivity contribution in [2.75, 3.05) is 26.2 Å². The van der Waals surface area contributed by atoms with Crippen molar-refractivity contribution in [3.63, 3.8) is 0 Å². The molecule has 1 aliphatic heterocycles. The van der Waals surface area contributed by atoms with Crippen molar-refractivity contribution in [2.45, 2.75) is 13.3 Å². The average Bonchev–Trinajstić information content (AvgIpc) is 2.74. The number of hydrogen-bond acceptors (Lipinski definition) is 3. The molecule has 4 nitrogen and oxygen atoms in total. The zero-order valence-corrected chi connectivity index (χ0v) is 14.2. The van der Waals surface area contributed by atoms with Gasteiger partial charge in [-0.1, -0.05) is 18.2 Å². The van der Waals surface area contributed by atoms with E-state index >= 15 is 0 Å². The smallest absolute Gasteiger partial charge is 0.254 e. The van der Waals surface area contributed by atoms with E-state index in [-0.39, 0.29) is 30.7 Å². The Balaban J connectivity index is 0.00000121. The Morgan fingerprint density at radius 1 is 1.18 bits per heavy atom. The van der Waals surface area contributed by atoms with Gasteiger partial charge in [0.05, 0.1) is 11.1 Å². The average molecular weight is 342 g/mol. The molecule has 0 unspecified atom stereocenters. The van der Waals surface area contributed by atoms with Gasteiger partial charge in [0.1, 0.15) is 0 Å². The van der Waals surface area contributed by atoms with Crippen LogP contribution in [0.5, 0.6) is 0 Å². The fourth-order valence-electron chi connectivity index (χ4n) is 2.70. The van der Waals surface area contributed by atoms with Crippen LogP contribution in [0, 0.1) is 6.92 Å². The third kappa shape index (κ3) is 3.88. The number of hydrogen-bond donors (Lipinski definition) is 1. The zero-order chi connectivity index (χ0) is 13.9. The van der Waals surface area contributed by atoms with Gasteiger partial charge in [0, 0.05) is 30.7 Å². The quantitative estimate of drug-likeness (QED) is 0.867. The lowest BCUT2D eigenvalue weighted by Crippen LogP contribution is -2.34. The summed E-state index contributed by atoms with van der Waals surface area (Å²) in [5, 5.41) is 4.27. The Hall–Kier alpha value is -1.36. The van der Waals surface area contributed by atoms with Crippen LogP contribution in [0.4, 0.5) is 0 Å². The highest BCUT2D eigenvalue weighted by atomic mass is 35.5. The molecule has 1 fully saturated rings. The van der Waals surface area contributed by atoms with E-state index in [2.05, 4.69) is 10.3 Å². The van der Waals surface area contributed by atoms with E-state index in [0.717, 1.165) is 54.8 Å². The van der Waals surface area contributed by atoms with Crippen LogP contribution in [-0.2, 0) is 0 Å². The number of amides is 1. The molecule has 1 aromatic heterocycles. The van der Waals surface area contributed by atoms with Gasteiger partial charge in [-0.2, -0.15) is 0 Å². The number of rotatable bonds is 1. The van der Waals surface area contributed by atoms with Crippen molar-refractivity contribution >= 4 is 41.6 Å². The predicted octanol–water partition coefficient (Wildman–Crippen LogP) is 2.82. The van der Waals surface area contributed by atoms with Crippen molar-refractivity contribution in [1.82, 2.24) is 15.2 Å². The van der Waals surface area contributed by atoms with E-state index < -0.39 is 0 Å². The molecule has 0 bridgehead atoms. The topological polar surface area (TPSA) is 45.2 Å². The maximum atomic E-state index is 12.8. The number of fused-ring (bicyclic) bond motifs is 1. The fourth-order valence-corrected chi connectivity index (χ4v) is 2.70. The van der Waals surface area contributed by atoms with Gasteiger partial charge in [-0.05, 0) is 32.0 Å². The van der Waals surface area contributed by atoms with Crippen LogP contribution in [0.15, 0.2) is 30.3 Å². The van der Waals surface area contributed by atoms with E-state index in [4.69, 9.17) is 0 Å². The van der Waals surface area contributed by atoms with Crippen LogP contribution in [-0.4, -0.2) is 42.0 Å². The first-order chi connectivity index (χ1) is 9.75. The maximum absolute atomic E-state index is 12.8. The first-order valence-corrected chi connectivity index (χ1v) is 7.12. The minimum absolute atomic E-state index is 0. The number of aromatic nitrogens is 1. The lowest BCUT2D eigenvalue weighted by Gasteiger charge is -2.21. The summed E-state index contributed by atoms with van der Waals surface area (Å²) in [5.74, 6) is 0.121. The molecule has 2 aromatic rings. The first kappa shape index (κ1) is 18.7. The minimum Gasteiger partial charge on any atom is -0.337 e. The molecule has 0 radical (unpaired) electrons. The molecule has 22 heavy (non-hydrogen) atoms. The van der Waals surface area contributed by atoms with E-state index in [1.165, 1.54) is 0 Å². The summed E-state index contributed by atoms with van der Waals surface area (Å²) in [5.41, 5.74) is 2.55. The second-order valence-corrected chi connectivity index (χ2v) is 5.22. The SMILES string of the molecule is Cc1cc(C(=O)N2CCCNCC2)c2ccccc2n1.Cl.Cl. The summed E-state index contributed by atoms with van der Waals surface area (Å²) in [4.78, 5) is 19.2. The highest BCUT2D eigenvalue weighted by molar-refractivity contribution is 6.06. The van der Waals surface area contributed by atoms with Gasteiger partial charge in [-0.3, -0.25) is 9.78 Å². The summed E-state index contributed by atoms with van der Waals surface area (Å²) in [6.07, 6.45) is 1.01. The molecule has 120 valence electrons. The summed E-state index contributed by atoms with van der Waals surface area (Å²) in [6.45, 7) is 5.39. The Bertz CT molecular complexity index is 640. The Labute approximate surface area is 143 Å². The second kappa shape index (κ2) is 8.32. The van der Waals surface area contributed by atoms with E-state index in [9.17, 15) is 4.79 Å². The van der Waals surface area contributed by atoms with Crippen LogP contribution < -0.4 is 5.32 Å². The Morgan fingerprint density at radius 3 is 2.77 bits per heavy atom. The maximum Gasteiger partial charge on any atom is 0.254 e. The number of benzene rings is 1. The zero-order valence-electron chi connectivity index (χ0n) is 12.5. The number of carbonyl (C=O) groups is 1. The third-order valence-corrected chi connectivity index (χ3v) is 3.70. The van der Waals surface area contributed by atoms with Crippen molar-refractivity contribution < 1.29 is 4.79 Å². The molecule has 1 saturated heterocycles. The molecule has 0 aliphatic carbocycles. The molecular weight excluding hydrogens is 321 g/mol. The lowest BCUT2D eigenvalue weighted by atomic mass is 10.1. The predicted molar refractivity (Wildman–Crippen MR) is 94.4 cm³/mol. The third-order valence-electron chi connectivity index (χ3n) is 3.70. The fraction of sp³-hybridized carbons (Fsp3) is 0.375. The number of nitrogens with one attached hydrogen (secondary N) is 1. The molecule has 1 N–H and O–H groups in total. The van der Waals surface area contributed by atoms with E-state index in [0.29, 0.717) is 0 Å². The van der Waals surface area contributed by atoms with Gasteiger partial charge in [0.2, 0.25) is 0 Å². The number of nitrogens with zero attached hydrogens (tertiary/aromatic N) is 2. The van der Waals surface area contributed by atoms with Crippen molar-refractivity contribution in [2.24, 2.45) is 0 Å². The summed E-state index contributed by atoms with van der Waals surface area (Å²) >= 11 is 0. The lowest BCUT2D eigenvalue weighted by molar-refractivity contribution is 0.0768. The molecule has 1 amide bonds. The number of pyridine rings is 1. The van der Waals surface area contributed by atoms with Crippen LogP contribution >= 0.6 is 24.8 Å². The van der Waals surface area contributed by atoms with Crippen LogP contribution in [0.25, 0.3) is 10.9 Å². The molecule has 3 rings (SSSR count). The van der Waals surface area contributed by atoms with Crippen molar-refractivity contribution in [3.8, 4) is 0 Å². The van der Waals surface area contributed by atoms with Gasteiger partial charge in [0.25, 0.3) is 5.91 Å². The Morgan fingerprint density at radius 2 is 1.95 bits per heavy atom. The van der Waals surface area contributed by atoms with Crippen molar-refractivity contribution in [1.29, 1.82) is 0 Å². The van der Waals surface area contributed by atoms with E-state index in [1.807, 2.05) is 42.2 Å². The summed E-state index contributed by atoms with van der Waals surface area (Å²) in [7, 11) is 0. The van der Waals surface area contributed by atoms with Gasteiger partial charge >= 0.3 is 0 Å². The molecule has 0 atom stereocenters. The van der Waals surface area contributed by atoms with Crippen LogP contribution in [0.2, 0.25) is 0 Å². The molecule has 1 aliphatic rings. The van der Waals surface area contributed by atoms with E-state index in [1.54, 1.807) is 0 Å². The van der Waals surface area contributed by atoms with Crippen LogP contribution in [0.1, 0.15) is 22.5 Å². The molecule has 0 saturated carbocycles. The number of halogens is 2. The van der Waals surface area contributed by atoms with Gasteiger partial charge in [-0.25, -0.2) is 0 Å². The molecule has 2 heterocycles. The normalized spacial score (nSPS) is 14.7. The highest BCUT2D eigenvalue weighted by Gasteiger charge is 2.19. The first-order valence-electron chi connectivity index (χ1n) is 7.12. The Kier molecular flexibility index (Phi) is 7.07. The minimum atomic E-state index is 0. The van der Waals surface area contributed by atoms with Crippen LogP contribution in [0.3, 0.4) is 0 Å². The summed E-state index contributed by atoms with van der Waals surface area (Å²) < 4.78 is 0.